The first-order valence-electron chi connectivity index (χ1n) is 10.9. The summed E-state index contributed by atoms with van der Waals surface area (Å²) in [5.41, 5.74) is -0.0376. The standard InChI is InChI=1S/C21H30N2O9S/c1-9(2)20(28)31-8-32-21(29)22-7-12-13(5-6-30-12)33-17-10(3)15-14(11(4)24)18(25)23(15)16(17)19(26)27/h9-15,24H,5-8H2,1-4H3,(H,22,29)(H,26,27)/t10-,11-,12-,13-,14-,15?/m1/s1. The molecule has 1 unspecified atom stereocenters. The third kappa shape index (κ3) is 5.12. The number of β-lactam (4-membered cyclic amide) rings is 1. The molecule has 0 aromatic rings. The Balaban J connectivity index is 1.58. The van der Waals surface area contributed by atoms with Crippen LogP contribution in [0.2, 0.25) is 0 Å². The molecule has 3 aliphatic heterocycles. The molecule has 11 nitrogen and oxygen atoms in total. The van der Waals surface area contributed by atoms with Gasteiger partial charge in [0.25, 0.3) is 0 Å². The molecular formula is C21H30N2O9S. The summed E-state index contributed by atoms with van der Waals surface area (Å²) in [7, 11) is 0. The van der Waals surface area contributed by atoms with Gasteiger partial charge in [0.1, 0.15) is 5.70 Å². The molecule has 3 rings (SSSR count). The summed E-state index contributed by atoms with van der Waals surface area (Å²) in [5, 5.41) is 22.2. The minimum absolute atomic E-state index is 0.0376. The number of amides is 2. The van der Waals surface area contributed by atoms with E-state index in [1.807, 2.05) is 6.92 Å². The Hall–Kier alpha value is -2.31. The maximum atomic E-state index is 12.5. The van der Waals surface area contributed by atoms with E-state index in [-0.39, 0.29) is 41.3 Å². The Morgan fingerprint density at radius 2 is 1.97 bits per heavy atom. The molecule has 3 aliphatic rings. The zero-order valence-electron chi connectivity index (χ0n) is 19.0. The first-order valence-corrected chi connectivity index (χ1v) is 11.8. The van der Waals surface area contributed by atoms with Gasteiger partial charge in [-0.25, -0.2) is 9.59 Å². The van der Waals surface area contributed by atoms with Gasteiger partial charge in [-0.15, -0.1) is 11.8 Å². The SMILES string of the molecule is CC(C)C(=O)OCOC(=O)NC[C@H]1OCC[C@H]1SC1=C(C(=O)O)N2C(=O)[C@H]([C@@H](C)O)C2[C@H]1C. The molecule has 33 heavy (non-hydrogen) atoms. The van der Waals surface area contributed by atoms with Crippen molar-refractivity contribution in [3.63, 3.8) is 0 Å². The van der Waals surface area contributed by atoms with Crippen molar-refractivity contribution in [3.8, 4) is 0 Å². The highest BCUT2D eigenvalue weighted by Gasteiger charge is 2.60. The van der Waals surface area contributed by atoms with Crippen molar-refractivity contribution >= 4 is 35.7 Å². The number of nitrogens with one attached hydrogen (secondary N) is 1. The van der Waals surface area contributed by atoms with Crippen LogP contribution in [0.4, 0.5) is 4.79 Å². The largest absolute Gasteiger partial charge is 0.477 e. The summed E-state index contributed by atoms with van der Waals surface area (Å²) >= 11 is 1.34. The monoisotopic (exact) mass is 486 g/mol. The van der Waals surface area contributed by atoms with Crippen LogP contribution in [0.15, 0.2) is 10.6 Å². The van der Waals surface area contributed by atoms with Crippen molar-refractivity contribution < 1.29 is 43.6 Å². The molecule has 0 aliphatic carbocycles. The number of carbonyl (C=O) groups excluding carboxylic acids is 3. The maximum Gasteiger partial charge on any atom is 0.410 e. The van der Waals surface area contributed by atoms with Gasteiger partial charge in [0, 0.05) is 29.2 Å². The number of aliphatic hydroxyl groups is 1. The number of carboxylic acid groups (broad SMARTS) is 1. The summed E-state index contributed by atoms with van der Waals surface area (Å²) < 4.78 is 15.3. The smallest absolute Gasteiger partial charge is 0.410 e. The van der Waals surface area contributed by atoms with E-state index in [9.17, 15) is 29.4 Å². The van der Waals surface area contributed by atoms with Crippen molar-refractivity contribution in [1.29, 1.82) is 0 Å². The minimum Gasteiger partial charge on any atom is -0.477 e. The number of carboxylic acids is 1. The fraction of sp³-hybridized carbons (Fsp3) is 0.714. The molecule has 0 bridgehead atoms. The summed E-state index contributed by atoms with van der Waals surface area (Å²) in [4.78, 5) is 49.6. The number of aliphatic hydroxyl groups excluding tert-OH is 1. The zero-order valence-corrected chi connectivity index (χ0v) is 19.8. The number of hydrogen-bond donors (Lipinski definition) is 3. The molecule has 3 heterocycles. The van der Waals surface area contributed by atoms with Crippen molar-refractivity contribution in [2.45, 2.75) is 57.6 Å². The number of carbonyl (C=O) groups is 4. The summed E-state index contributed by atoms with van der Waals surface area (Å²) in [5.74, 6) is -3.24. The van der Waals surface area contributed by atoms with E-state index in [0.29, 0.717) is 17.9 Å². The lowest BCUT2D eigenvalue weighted by atomic mass is 9.79. The van der Waals surface area contributed by atoms with Gasteiger partial charge in [0.2, 0.25) is 12.7 Å². The van der Waals surface area contributed by atoms with E-state index in [1.54, 1.807) is 13.8 Å². The predicted molar refractivity (Wildman–Crippen MR) is 116 cm³/mol. The van der Waals surface area contributed by atoms with E-state index in [4.69, 9.17) is 14.2 Å². The molecule has 184 valence electrons. The van der Waals surface area contributed by atoms with Gasteiger partial charge in [-0.3, -0.25) is 9.59 Å². The highest BCUT2D eigenvalue weighted by molar-refractivity contribution is 8.03. The minimum atomic E-state index is -1.18. The lowest BCUT2D eigenvalue weighted by molar-refractivity contribution is -0.163. The second kappa shape index (κ2) is 10.3. The van der Waals surface area contributed by atoms with Crippen molar-refractivity contribution in [3.05, 3.63) is 10.6 Å². The van der Waals surface area contributed by atoms with Crippen LogP contribution >= 0.6 is 11.8 Å². The average molecular weight is 487 g/mol. The molecule has 3 N–H and O–H groups in total. The van der Waals surface area contributed by atoms with Crippen LogP contribution in [0.3, 0.4) is 0 Å². The van der Waals surface area contributed by atoms with Crippen molar-refractivity contribution in [2.75, 3.05) is 19.9 Å². The second-order valence-electron chi connectivity index (χ2n) is 8.67. The van der Waals surface area contributed by atoms with Gasteiger partial charge in [-0.2, -0.15) is 0 Å². The molecular weight excluding hydrogens is 456 g/mol. The van der Waals surface area contributed by atoms with E-state index in [1.165, 1.54) is 23.6 Å². The molecule has 6 atom stereocenters. The van der Waals surface area contributed by atoms with Crippen molar-refractivity contribution in [2.24, 2.45) is 17.8 Å². The molecule has 2 saturated heterocycles. The fourth-order valence-corrected chi connectivity index (χ4v) is 5.86. The number of thioether (sulfide) groups is 1. The van der Waals surface area contributed by atoms with Crippen LogP contribution in [-0.2, 0) is 28.6 Å². The van der Waals surface area contributed by atoms with Gasteiger partial charge in [-0.1, -0.05) is 20.8 Å². The van der Waals surface area contributed by atoms with E-state index < -0.39 is 43.0 Å². The van der Waals surface area contributed by atoms with Gasteiger partial charge >= 0.3 is 18.0 Å². The number of fused-ring (bicyclic) bond motifs is 1. The molecule has 2 amide bonds. The normalized spacial score (nSPS) is 29.6. The maximum absolute atomic E-state index is 12.5. The zero-order chi connectivity index (χ0) is 24.4. The lowest BCUT2D eigenvalue weighted by Crippen LogP contribution is -2.63. The van der Waals surface area contributed by atoms with Crippen LogP contribution in [-0.4, -0.2) is 82.5 Å². The summed E-state index contributed by atoms with van der Waals surface area (Å²) in [6, 6.07) is -0.381. The molecule has 0 spiro atoms. The van der Waals surface area contributed by atoms with E-state index in [0.717, 1.165) is 0 Å². The quantitative estimate of drug-likeness (QED) is 0.244. The first kappa shape index (κ1) is 25.3. The average Bonchev–Trinajstić information content (AvgIpc) is 3.27. The highest BCUT2D eigenvalue weighted by atomic mass is 32.2. The predicted octanol–water partition coefficient (Wildman–Crippen LogP) is 0.914. The topological polar surface area (TPSA) is 152 Å². The van der Waals surface area contributed by atoms with E-state index >= 15 is 0 Å². The Morgan fingerprint density at radius 3 is 2.58 bits per heavy atom. The Labute approximate surface area is 195 Å². The second-order valence-corrected chi connectivity index (χ2v) is 9.96. The molecule has 0 aromatic carbocycles. The van der Waals surface area contributed by atoms with Gasteiger partial charge < -0.3 is 34.6 Å². The number of hydrogen-bond acceptors (Lipinski definition) is 9. The Morgan fingerprint density at radius 1 is 1.27 bits per heavy atom. The highest BCUT2D eigenvalue weighted by Crippen LogP contribution is 2.52. The van der Waals surface area contributed by atoms with Crippen LogP contribution in [0.25, 0.3) is 0 Å². The molecule has 12 heteroatoms. The van der Waals surface area contributed by atoms with Gasteiger partial charge in [0.15, 0.2) is 0 Å². The van der Waals surface area contributed by atoms with Gasteiger partial charge in [-0.05, 0) is 13.3 Å². The van der Waals surface area contributed by atoms with Crippen LogP contribution in [0.1, 0.15) is 34.1 Å². The summed E-state index contributed by atoms with van der Waals surface area (Å²) in [6.07, 6.45) is -1.38. The first-order chi connectivity index (χ1) is 15.5. The van der Waals surface area contributed by atoms with Gasteiger partial charge in [0.05, 0.1) is 30.1 Å². The van der Waals surface area contributed by atoms with Crippen LogP contribution in [0.5, 0.6) is 0 Å². The Kier molecular flexibility index (Phi) is 7.91. The third-order valence-electron chi connectivity index (χ3n) is 6.05. The van der Waals surface area contributed by atoms with Crippen LogP contribution < -0.4 is 5.32 Å². The third-order valence-corrected chi connectivity index (χ3v) is 7.71. The molecule has 0 aromatic heterocycles. The lowest BCUT2D eigenvalue weighted by Gasteiger charge is -2.46. The number of aliphatic carboxylic acids is 1. The number of esters is 1. The number of nitrogens with zero attached hydrogens (tertiary/aromatic N) is 1. The van der Waals surface area contributed by atoms with E-state index in [2.05, 4.69) is 5.32 Å². The Bertz CT molecular complexity index is 844. The molecule has 0 saturated carbocycles. The van der Waals surface area contributed by atoms with Crippen LogP contribution in [0, 0.1) is 17.8 Å². The number of alkyl carbamates (subject to hydrolysis) is 1. The fourth-order valence-electron chi connectivity index (χ4n) is 4.34. The molecule has 2 fully saturated rings. The van der Waals surface area contributed by atoms with Crippen molar-refractivity contribution in [1.82, 2.24) is 10.2 Å². The number of ether oxygens (including phenoxy) is 3. The summed E-state index contributed by atoms with van der Waals surface area (Å²) in [6.45, 7) is 6.80. The molecule has 0 radical (unpaired) electrons. The number of rotatable bonds is 9.